The summed E-state index contributed by atoms with van der Waals surface area (Å²) in [7, 11) is 0. The third kappa shape index (κ3) is 2.84. The number of hydrogen-bond donors (Lipinski definition) is 0. The maximum Gasteiger partial charge on any atom is 0.135 e. The maximum atomic E-state index is 6.24. The van der Waals surface area contributed by atoms with Crippen LogP contribution in [0.4, 0.5) is 0 Å². The van der Waals surface area contributed by atoms with Crippen LogP contribution in [0.25, 0.3) is 44.2 Å². The lowest BCUT2D eigenvalue weighted by Crippen LogP contribution is -1.97. The lowest BCUT2D eigenvalue weighted by atomic mass is 9.91. The van der Waals surface area contributed by atoms with Gasteiger partial charge in [-0.25, -0.2) is 0 Å². The first-order valence-electron chi connectivity index (χ1n) is 9.97. The molecule has 6 rings (SSSR count). The van der Waals surface area contributed by atoms with Gasteiger partial charge in [-0.3, -0.25) is 0 Å². The van der Waals surface area contributed by atoms with E-state index in [0.717, 1.165) is 21.5 Å². The van der Waals surface area contributed by atoms with Gasteiger partial charge in [0.1, 0.15) is 11.5 Å². The highest BCUT2D eigenvalue weighted by molar-refractivity contribution is 9.10. The molecule has 0 fully saturated rings. The molecule has 30 heavy (non-hydrogen) atoms. The molecule has 0 bridgehead atoms. The Hall–Kier alpha value is -3.36. The van der Waals surface area contributed by atoms with Crippen molar-refractivity contribution in [2.24, 2.45) is 0 Å². The minimum Gasteiger partial charge on any atom is -0.456 e. The molecule has 0 aliphatic carbocycles. The van der Waals surface area contributed by atoms with Crippen LogP contribution in [-0.2, 0) is 0 Å². The second-order valence-electron chi connectivity index (χ2n) is 7.56. The molecule has 5 aromatic carbocycles. The molecule has 0 saturated carbocycles. The largest absolute Gasteiger partial charge is 0.456 e. The Morgan fingerprint density at radius 1 is 0.500 bits per heavy atom. The molecular formula is C28H17BrO. The maximum absolute atomic E-state index is 6.24. The lowest BCUT2D eigenvalue weighted by molar-refractivity contribution is 0.487. The van der Waals surface area contributed by atoms with E-state index in [-0.39, 0.29) is 0 Å². The lowest BCUT2D eigenvalue weighted by Gasteiger charge is -2.22. The Balaban J connectivity index is 1.50. The summed E-state index contributed by atoms with van der Waals surface area (Å²) in [5.74, 6) is 1.84. The van der Waals surface area contributed by atoms with E-state index in [1.165, 1.54) is 38.6 Å². The van der Waals surface area contributed by atoms with Crippen molar-refractivity contribution >= 4 is 26.7 Å². The number of hydrogen-bond acceptors (Lipinski definition) is 1. The summed E-state index contributed by atoms with van der Waals surface area (Å²) >= 11 is 3.58. The van der Waals surface area contributed by atoms with Crippen molar-refractivity contribution in [1.29, 1.82) is 0 Å². The van der Waals surface area contributed by atoms with Crippen LogP contribution in [0.15, 0.2) is 108 Å². The van der Waals surface area contributed by atoms with Crippen molar-refractivity contribution in [3.05, 3.63) is 108 Å². The van der Waals surface area contributed by atoms with E-state index in [1.54, 1.807) is 0 Å². The first kappa shape index (κ1) is 17.5. The van der Waals surface area contributed by atoms with Gasteiger partial charge in [0, 0.05) is 15.4 Å². The van der Waals surface area contributed by atoms with Crippen molar-refractivity contribution in [2.75, 3.05) is 0 Å². The van der Waals surface area contributed by atoms with E-state index in [9.17, 15) is 0 Å². The smallest absolute Gasteiger partial charge is 0.135 e. The molecule has 142 valence electrons. The zero-order valence-corrected chi connectivity index (χ0v) is 17.7. The summed E-state index contributed by atoms with van der Waals surface area (Å²) < 4.78 is 7.33. The van der Waals surface area contributed by atoms with Gasteiger partial charge in [-0.2, -0.15) is 0 Å². The fourth-order valence-corrected chi connectivity index (χ4v) is 4.69. The number of halogens is 1. The molecule has 2 heteroatoms. The molecule has 0 amide bonds. The Kier molecular flexibility index (Phi) is 4.00. The van der Waals surface area contributed by atoms with Crippen LogP contribution < -0.4 is 4.74 Å². The molecule has 0 spiro atoms. The second-order valence-corrected chi connectivity index (χ2v) is 8.48. The molecule has 1 nitrogen and oxygen atoms in total. The third-order valence-corrected chi connectivity index (χ3v) is 6.20. The Labute approximate surface area is 183 Å². The van der Waals surface area contributed by atoms with Gasteiger partial charge in [-0.15, -0.1) is 0 Å². The first-order chi connectivity index (χ1) is 14.8. The van der Waals surface area contributed by atoms with Crippen molar-refractivity contribution < 1.29 is 4.74 Å². The van der Waals surface area contributed by atoms with Gasteiger partial charge in [0.2, 0.25) is 0 Å². The number of ether oxygens (including phenoxy) is 1. The summed E-state index contributed by atoms with van der Waals surface area (Å²) in [4.78, 5) is 0. The van der Waals surface area contributed by atoms with Crippen molar-refractivity contribution in [1.82, 2.24) is 0 Å². The van der Waals surface area contributed by atoms with E-state index in [1.807, 2.05) is 12.1 Å². The Morgan fingerprint density at radius 3 is 1.97 bits per heavy atom. The molecular weight excluding hydrogens is 432 g/mol. The molecule has 1 heterocycles. The SMILES string of the molecule is Brc1cccc(-c2cccc(-c3ccc4c(c3)-c3cccc5cccc(c35)O4)c2)c1. The highest BCUT2D eigenvalue weighted by Gasteiger charge is 2.20. The number of rotatable bonds is 2. The number of benzene rings is 5. The van der Waals surface area contributed by atoms with E-state index in [0.29, 0.717) is 0 Å². The van der Waals surface area contributed by atoms with Crippen molar-refractivity contribution in [3.8, 4) is 44.9 Å². The average Bonchev–Trinajstić information content (AvgIpc) is 2.79. The molecule has 1 aliphatic heterocycles. The molecule has 0 unspecified atom stereocenters. The Bertz CT molecular complexity index is 1430. The van der Waals surface area contributed by atoms with Crippen LogP contribution in [0.1, 0.15) is 0 Å². The van der Waals surface area contributed by atoms with Crippen LogP contribution >= 0.6 is 15.9 Å². The average molecular weight is 449 g/mol. The van der Waals surface area contributed by atoms with Gasteiger partial charge < -0.3 is 4.74 Å². The van der Waals surface area contributed by atoms with Crippen molar-refractivity contribution in [2.45, 2.75) is 0 Å². The molecule has 5 aromatic rings. The summed E-state index contributed by atoms with van der Waals surface area (Å²) in [6.07, 6.45) is 0. The molecule has 0 aromatic heterocycles. The molecule has 0 saturated heterocycles. The number of fused-ring (bicyclic) bond motifs is 2. The van der Waals surface area contributed by atoms with Crippen LogP contribution in [0.2, 0.25) is 0 Å². The van der Waals surface area contributed by atoms with Gasteiger partial charge in [-0.05, 0) is 69.6 Å². The monoisotopic (exact) mass is 448 g/mol. The van der Waals surface area contributed by atoms with Crippen LogP contribution in [-0.4, -0.2) is 0 Å². The quantitative estimate of drug-likeness (QED) is 0.257. The standard InChI is InChI=1S/C28H17BrO/c29-23-10-2-9-21(16-23)19-7-1-8-20(15-19)22-13-14-26-25(17-22)24-11-3-5-18-6-4-12-27(30-26)28(18)24/h1-17H. The second kappa shape index (κ2) is 6.86. The fourth-order valence-electron chi connectivity index (χ4n) is 4.29. The summed E-state index contributed by atoms with van der Waals surface area (Å²) in [6.45, 7) is 0. The van der Waals surface area contributed by atoms with Crippen LogP contribution in [0.5, 0.6) is 11.5 Å². The summed E-state index contributed by atoms with van der Waals surface area (Å²) in [6, 6.07) is 36.3. The molecule has 1 aliphatic rings. The van der Waals surface area contributed by atoms with Crippen LogP contribution in [0.3, 0.4) is 0 Å². The summed E-state index contributed by atoms with van der Waals surface area (Å²) in [5, 5.41) is 2.39. The predicted molar refractivity (Wildman–Crippen MR) is 128 cm³/mol. The summed E-state index contributed by atoms with van der Waals surface area (Å²) in [5.41, 5.74) is 7.16. The first-order valence-corrected chi connectivity index (χ1v) is 10.8. The topological polar surface area (TPSA) is 9.23 Å². The molecule has 0 radical (unpaired) electrons. The van der Waals surface area contributed by atoms with E-state index in [2.05, 4.69) is 107 Å². The van der Waals surface area contributed by atoms with Gasteiger partial charge in [0.05, 0.1) is 0 Å². The predicted octanol–water partition coefficient (Wildman–Crippen LogP) is 8.71. The highest BCUT2D eigenvalue weighted by Crippen LogP contribution is 2.47. The zero-order chi connectivity index (χ0) is 20.1. The van der Waals surface area contributed by atoms with E-state index >= 15 is 0 Å². The van der Waals surface area contributed by atoms with Gasteiger partial charge in [0.25, 0.3) is 0 Å². The normalized spacial score (nSPS) is 11.8. The zero-order valence-electron chi connectivity index (χ0n) is 16.1. The third-order valence-electron chi connectivity index (χ3n) is 5.71. The van der Waals surface area contributed by atoms with Gasteiger partial charge in [0.15, 0.2) is 0 Å². The highest BCUT2D eigenvalue weighted by atomic mass is 79.9. The molecule has 0 N–H and O–H groups in total. The van der Waals surface area contributed by atoms with Gasteiger partial charge in [-0.1, -0.05) is 82.7 Å². The van der Waals surface area contributed by atoms with Crippen molar-refractivity contribution in [3.63, 3.8) is 0 Å². The fraction of sp³-hybridized carbons (Fsp3) is 0. The minimum absolute atomic E-state index is 0.910. The minimum atomic E-state index is 0.910. The van der Waals surface area contributed by atoms with Gasteiger partial charge >= 0.3 is 0 Å². The van der Waals surface area contributed by atoms with E-state index < -0.39 is 0 Å². The Morgan fingerprint density at radius 2 is 1.17 bits per heavy atom. The molecule has 0 atom stereocenters. The van der Waals surface area contributed by atoms with E-state index in [4.69, 9.17) is 4.74 Å². The van der Waals surface area contributed by atoms with Crippen LogP contribution in [0, 0.1) is 0 Å².